The minimum Gasteiger partial charge on any atom is -0.476 e. The number of likely N-dealkylation sites (N-methyl/N-ethyl adjacent to an activating group) is 1. The molecule has 2 aromatic heterocycles. The van der Waals surface area contributed by atoms with Crippen LogP contribution in [0.1, 0.15) is 56.5 Å². The Labute approximate surface area is 276 Å². The van der Waals surface area contributed by atoms with Crippen LogP contribution in [0.4, 0.5) is 4.79 Å². The number of H-pyrrole nitrogens is 1. The highest BCUT2D eigenvalue weighted by Crippen LogP contribution is 2.40. The maximum absolute atomic E-state index is 12.9. The Morgan fingerprint density at radius 1 is 1.02 bits per heavy atom. The molecule has 0 bridgehead atoms. The Balaban J connectivity index is 1.60. The van der Waals surface area contributed by atoms with E-state index in [-0.39, 0.29) is 25.6 Å². The number of para-hydroxylation sites is 1. The van der Waals surface area contributed by atoms with Crippen LogP contribution in [-0.2, 0) is 9.53 Å². The van der Waals surface area contributed by atoms with Crippen molar-refractivity contribution < 1.29 is 19.1 Å². The minimum atomic E-state index is -0.661. The number of nitrogens with zero attached hydrogens (tertiary/aromatic N) is 3. The number of rotatable bonds is 11. The second-order valence-corrected chi connectivity index (χ2v) is 12.6. The molecule has 0 fully saturated rings. The van der Waals surface area contributed by atoms with E-state index in [1.165, 1.54) is 21.4 Å². The van der Waals surface area contributed by atoms with Gasteiger partial charge in [0.2, 0.25) is 11.8 Å². The summed E-state index contributed by atoms with van der Waals surface area (Å²) in [5.74, 6) is 0.252. The summed E-state index contributed by atoms with van der Waals surface area (Å²) in [6, 6.07) is 20.3. The molecule has 4 rings (SSSR count). The summed E-state index contributed by atoms with van der Waals surface area (Å²) in [5, 5.41) is 1.62. The molecule has 0 unspecified atom stereocenters. The van der Waals surface area contributed by atoms with Crippen molar-refractivity contribution in [2.24, 2.45) is 0 Å². The smallest absolute Gasteiger partial charge is 0.410 e. The number of allylic oxidation sites excluding steroid dienone is 1. The fourth-order valence-corrected chi connectivity index (χ4v) is 5.30. The fourth-order valence-electron chi connectivity index (χ4n) is 4.99. The number of ether oxygens (including phenoxy) is 2. The number of nitrogens with one attached hydrogen (secondary N) is 1. The maximum Gasteiger partial charge on any atom is 0.410 e. The molecule has 4 aromatic rings. The first kappa shape index (κ1) is 34.3. The van der Waals surface area contributed by atoms with Crippen LogP contribution in [0.15, 0.2) is 79.0 Å². The van der Waals surface area contributed by atoms with Crippen LogP contribution in [0.3, 0.4) is 0 Å². The van der Waals surface area contributed by atoms with Crippen LogP contribution in [-0.4, -0.2) is 71.2 Å². The van der Waals surface area contributed by atoms with Crippen LogP contribution in [0, 0.1) is 6.92 Å². The molecular weight excluding hydrogens is 600 g/mol. The van der Waals surface area contributed by atoms with Gasteiger partial charge in [0.25, 0.3) is 0 Å². The standard InChI is InChI=1S/C37H43ClN4O4/c1-8-28(26-14-11-13-25(2)23-26)33(35-34(38)29-15-9-10-16-30(29)40-35)27-18-19-31(39-24-27)45-22-21-42(36(44)46-37(3,4)5)20-12-17-32(43)41(6)7/h9-19,23-24,40H,8,20-22H2,1-7H3/b17-12+,33-28+. The molecule has 1 N–H and O–H groups in total. The van der Waals surface area contributed by atoms with Gasteiger partial charge < -0.3 is 24.3 Å². The lowest BCUT2D eigenvalue weighted by atomic mass is 9.91. The van der Waals surface area contributed by atoms with Crippen molar-refractivity contribution in [3.05, 3.63) is 106 Å². The number of aryl methyl sites for hydroxylation is 1. The summed E-state index contributed by atoms with van der Waals surface area (Å²) in [4.78, 5) is 36.0. The summed E-state index contributed by atoms with van der Waals surface area (Å²) < 4.78 is 11.5. The fraction of sp³-hybridized carbons (Fsp3) is 0.324. The SMILES string of the molecule is CC/C(=C(/c1ccc(OCCN(C/C=C/C(=O)N(C)C)C(=O)OC(C)(C)C)nc1)c1[nH]c2ccccc2c1Cl)c1cccc(C)c1. The molecule has 46 heavy (non-hydrogen) atoms. The first-order chi connectivity index (χ1) is 21.9. The predicted molar refractivity (Wildman–Crippen MR) is 186 cm³/mol. The number of carbonyl (C=O) groups excluding carboxylic acids is 2. The average molecular weight is 643 g/mol. The van der Waals surface area contributed by atoms with Gasteiger partial charge in [-0.1, -0.05) is 72.6 Å². The maximum atomic E-state index is 12.9. The summed E-state index contributed by atoms with van der Waals surface area (Å²) in [6.07, 6.45) is 5.15. The number of halogens is 1. The van der Waals surface area contributed by atoms with Crippen LogP contribution in [0.2, 0.25) is 5.02 Å². The lowest BCUT2D eigenvalue weighted by molar-refractivity contribution is -0.123. The summed E-state index contributed by atoms with van der Waals surface area (Å²) >= 11 is 7.01. The van der Waals surface area contributed by atoms with Crippen molar-refractivity contribution in [1.29, 1.82) is 0 Å². The third-order valence-corrected chi connectivity index (χ3v) is 7.62. The molecule has 0 saturated heterocycles. The molecule has 9 heteroatoms. The molecule has 0 spiro atoms. The van der Waals surface area contributed by atoms with Crippen molar-refractivity contribution in [3.63, 3.8) is 0 Å². The third-order valence-electron chi connectivity index (χ3n) is 7.23. The van der Waals surface area contributed by atoms with Gasteiger partial charge in [-0.05, 0) is 57.4 Å². The van der Waals surface area contributed by atoms with E-state index in [0.717, 1.165) is 45.3 Å². The van der Waals surface area contributed by atoms with E-state index in [2.05, 4.69) is 48.1 Å². The Kier molecular flexibility index (Phi) is 11.3. The van der Waals surface area contributed by atoms with E-state index in [4.69, 9.17) is 21.1 Å². The monoisotopic (exact) mass is 642 g/mol. The lowest BCUT2D eigenvalue weighted by Gasteiger charge is -2.26. The highest BCUT2D eigenvalue weighted by atomic mass is 35.5. The van der Waals surface area contributed by atoms with E-state index in [1.807, 2.05) is 57.2 Å². The van der Waals surface area contributed by atoms with Crippen molar-refractivity contribution >= 4 is 45.7 Å². The average Bonchev–Trinajstić information content (AvgIpc) is 3.34. The number of fused-ring (bicyclic) bond motifs is 1. The number of hydrogen-bond acceptors (Lipinski definition) is 5. The van der Waals surface area contributed by atoms with Gasteiger partial charge in [0.05, 0.1) is 17.3 Å². The van der Waals surface area contributed by atoms with Crippen molar-refractivity contribution in [2.75, 3.05) is 33.8 Å². The molecule has 0 saturated carbocycles. The Hall–Kier alpha value is -4.56. The lowest BCUT2D eigenvalue weighted by Crippen LogP contribution is -2.39. The van der Waals surface area contributed by atoms with Gasteiger partial charge in [-0.15, -0.1) is 0 Å². The Bertz CT molecular complexity index is 1730. The van der Waals surface area contributed by atoms with E-state index in [9.17, 15) is 9.59 Å². The molecule has 0 atom stereocenters. The molecule has 2 heterocycles. The molecule has 2 aromatic carbocycles. The molecular formula is C37H43ClN4O4. The van der Waals surface area contributed by atoms with Crippen LogP contribution < -0.4 is 4.74 Å². The van der Waals surface area contributed by atoms with Gasteiger partial charge in [0, 0.05) is 61.0 Å². The second kappa shape index (κ2) is 15.1. The molecule has 0 radical (unpaired) electrons. The highest BCUT2D eigenvalue weighted by molar-refractivity contribution is 6.38. The van der Waals surface area contributed by atoms with Crippen molar-refractivity contribution in [1.82, 2.24) is 19.8 Å². The molecule has 0 aliphatic carbocycles. The first-order valence-electron chi connectivity index (χ1n) is 15.4. The molecule has 2 amide bonds. The number of aromatic nitrogens is 2. The van der Waals surface area contributed by atoms with Gasteiger partial charge in [-0.25, -0.2) is 9.78 Å². The number of pyridine rings is 1. The summed E-state index contributed by atoms with van der Waals surface area (Å²) in [6.45, 7) is 10.3. The van der Waals surface area contributed by atoms with Gasteiger partial charge >= 0.3 is 6.09 Å². The number of hydrogen-bond donors (Lipinski definition) is 1. The number of carbonyl (C=O) groups is 2. The topological polar surface area (TPSA) is 87.8 Å². The van der Waals surface area contributed by atoms with Gasteiger partial charge in [-0.3, -0.25) is 4.79 Å². The first-order valence-corrected chi connectivity index (χ1v) is 15.8. The van der Waals surface area contributed by atoms with E-state index in [0.29, 0.717) is 10.9 Å². The zero-order valence-corrected chi connectivity index (χ0v) is 28.4. The zero-order valence-electron chi connectivity index (χ0n) is 27.7. The Morgan fingerprint density at radius 2 is 1.78 bits per heavy atom. The number of benzene rings is 2. The third kappa shape index (κ3) is 8.79. The largest absolute Gasteiger partial charge is 0.476 e. The van der Waals surface area contributed by atoms with Crippen LogP contribution in [0.5, 0.6) is 5.88 Å². The number of amides is 2. The zero-order chi connectivity index (χ0) is 33.4. The summed E-state index contributed by atoms with van der Waals surface area (Å²) in [5.41, 5.74) is 6.44. The number of aromatic amines is 1. The predicted octanol–water partition coefficient (Wildman–Crippen LogP) is 8.15. The van der Waals surface area contributed by atoms with Crippen molar-refractivity contribution in [3.8, 4) is 5.88 Å². The Morgan fingerprint density at radius 3 is 2.41 bits per heavy atom. The minimum absolute atomic E-state index is 0.166. The van der Waals surface area contributed by atoms with Crippen molar-refractivity contribution in [2.45, 2.75) is 46.6 Å². The second-order valence-electron chi connectivity index (χ2n) is 12.2. The highest BCUT2D eigenvalue weighted by Gasteiger charge is 2.22. The quantitative estimate of drug-likeness (QED) is 0.167. The van der Waals surface area contributed by atoms with Crippen LogP contribution in [0.25, 0.3) is 22.0 Å². The summed E-state index contributed by atoms with van der Waals surface area (Å²) in [7, 11) is 3.34. The van der Waals surface area contributed by atoms with Gasteiger partial charge in [0.15, 0.2) is 0 Å². The van der Waals surface area contributed by atoms with E-state index in [1.54, 1.807) is 26.4 Å². The molecule has 0 aliphatic heterocycles. The molecule has 242 valence electrons. The van der Waals surface area contributed by atoms with E-state index < -0.39 is 11.7 Å². The van der Waals surface area contributed by atoms with Gasteiger partial charge in [-0.2, -0.15) is 0 Å². The molecule has 8 nitrogen and oxygen atoms in total. The molecule has 0 aliphatic rings. The van der Waals surface area contributed by atoms with E-state index >= 15 is 0 Å². The van der Waals surface area contributed by atoms with Crippen LogP contribution >= 0.6 is 11.6 Å². The normalized spacial score (nSPS) is 12.3. The van der Waals surface area contributed by atoms with Gasteiger partial charge in [0.1, 0.15) is 12.2 Å².